The van der Waals surface area contributed by atoms with Crippen molar-refractivity contribution in [1.29, 1.82) is 0 Å². The molecule has 0 spiro atoms. The Kier molecular flexibility index (Phi) is 7.42. The molecule has 0 radical (unpaired) electrons. The molecule has 0 unspecified atom stereocenters. The van der Waals surface area contributed by atoms with Crippen molar-refractivity contribution in [2.24, 2.45) is 11.5 Å². The van der Waals surface area contributed by atoms with Crippen LogP contribution < -0.4 is 11.5 Å². The molecule has 0 aliphatic heterocycles. The van der Waals surface area contributed by atoms with Crippen LogP contribution in [0.2, 0.25) is 0 Å². The van der Waals surface area contributed by atoms with E-state index < -0.39 is 12.0 Å². The lowest BCUT2D eigenvalue weighted by molar-refractivity contribution is -0.150. The van der Waals surface area contributed by atoms with E-state index in [1.165, 1.54) is 4.90 Å². The summed E-state index contributed by atoms with van der Waals surface area (Å²) in [5.74, 6) is -1.37. The summed E-state index contributed by atoms with van der Waals surface area (Å²) in [6.07, 6.45) is 1.49. The average molecular weight is 293 g/mol. The molecule has 1 amide bonds. The summed E-state index contributed by atoms with van der Waals surface area (Å²) < 4.78 is 0. The van der Waals surface area contributed by atoms with Gasteiger partial charge in [0.05, 0.1) is 6.54 Å². The smallest absolute Gasteiger partial charge is 0.326 e. The maximum absolute atomic E-state index is 11.9. The van der Waals surface area contributed by atoms with Crippen LogP contribution in [0.1, 0.15) is 18.4 Å². The second kappa shape index (κ2) is 9.10. The van der Waals surface area contributed by atoms with Gasteiger partial charge in [-0.3, -0.25) is 4.79 Å². The highest BCUT2D eigenvalue weighted by atomic mass is 16.4. The Bertz CT molecular complexity index is 451. The zero-order valence-corrected chi connectivity index (χ0v) is 12.1. The first-order valence-corrected chi connectivity index (χ1v) is 7.06. The van der Waals surface area contributed by atoms with Crippen LogP contribution in [0.25, 0.3) is 0 Å². The molecule has 0 bridgehead atoms. The highest BCUT2D eigenvalue weighted by Crippen LogP contribution is 2.10. The Morgan fingerprint density at radius 2 is 1.86 bits per heavy atom. The van der Waals surface area contributed by atoms with E-state index in [-0.39, 0.29) is 12.5 Å². The molecule has 1 aromatic carbocycles. The molecule has 6 heteroatoms. The number of hydrogen-bond acceptors (Lipinski definition) is 4. The van der Waals surface area contributed by atoms with E-state index in [0.717, 1.165) is 5.56 Å². The Balaban J connectivity index is 2.77. The topological polar surface area (TPSA) is 110 Å². The van der Waals surface area contributed by atoms with Gasteiger partial charge in [-0.15, -0.1) is 0 Å². The van der Waals surface area contributed by atoms with Gasteiger partial charge >= 0.3 is 5.97 Å². The second-order valence-electron chi connectivity index (χ2n) is 4.81. The number of rotatable bonds is 9. The average Bonchev–Trinajstić information content (AvgIpc) is 2.50. The summed E-state index contributed by atoms with van der Waals surface area (Å²) in [5, 5.41) is 9.34. The third-order valence-corrected chi connectivity index (χ3v) is 3.32. The Labute approximate surface area is 124 Å². The van der Waals surface area contributed by atoms with Gasteiger partial charge in [-0.25, -0.2) is 4.79 Å². The predicted molar refractivity (Wildman–Crippen MR) is 80.6 cm³/mol. The number of carboxylic acid groups (broad SMARTS) is 1. The predicted octanol–water partition coefficient (Wildman–Crippen LogP) is 0.209. The molecular weight excluding hydrogens is 270 g/mol. The Hall–Kier alpha value is -1.92. The Morgan fingerprint density at radius 3 is 2.38 bits per heavy atom. The van der Waals surface area contributed by atoms with Crippen LogP contribution in [0.4, 0.5) is 0 Å². The van der Waals surface area contributed by atoms with E-state index in [4.69, 9.17) is 11.5 Å². The fourth-order valence-corrected chi connectivity index (χ4v) is 2.19. The van der Waals surface area contributed by atoms with Crippen molar-refractivity contribution in [3.8, 4) is 0 Å². The molecule has 1 atom stereocenters. The molecular formula is C15H23N3O3. The molecule has 1 aromatic rings. The minimum atomic E-state index is -1.02. The van der Waals surface area contributed by atoms with Gasteiger partial charge in [-0.1, -0.05) is 30.3 Å². The van der Waals surface area contributed by atoms with Crippen molar-refractivity contribution in [2.75, 3.05) is 19.6 Å². The number of benzene rings is 1. The summed E-state index contributed by atoms with van der Waals surface area (Å²) in [4.78, 5) is 24.7. The number of nitrogens with two attached hydrogens (primary N) is 2. The first-order chi connectivity index (χ1) is 10.1. The molecule has 6 nitrogen and oxygen atoms in total. The van der Waals surface area contributed by atoms with Gasteiger partial charge in [-0.05, 0) is 31.4 Å². The zero-order chi connectivity index (χ0) is 15.7. The van der Waals surface area contributed by atoms with Gasteiger partial charge in [0.15, 0.2) is 0 Å². The summed E-state index contributed by atoms with van der Waals surface area (Å²) in [7, 11) is 0. The molecule has 0 fully saturated rings. The van der Waals surface area contributed by atoms with Crippen LogP contribution in [0, 0.1) is 0 Å². The fourth-order valence-electron chi connectivity index (χ4n) is 2.19. The first-order valence-electron chi connectivity index (χ1n) is 7.06. The molecule has 0 heterocycles. The highest BCUT2D eigenvalue weighted by Gasteiger charge is 2.28. The van der Waals surface area contributed by atoms with Gasteiger partial charge < -0.3 is 21.5 Å². The molecule has 0 aromatic heterocycles. The number of carboxylic acids is 1. The fraction of sp³-hybridized carbons (Fsp3) is 0.467. The lowest BCUT2D eigenvalue weighted by Crippen LogP contribution is -2.48. The molecule has 0 aliphatic rings. The quantitative estimate of drug-likeness (QED) is 0.603. The molecule has 21 heavy (non-hydrogen) atoms. The molecule has 0 saturated carbocycles. The van der Waals surface area contributed by atoms with Gasteiger partial charge in [0.25, 0.3) is 0 Å². The van der Waals surface area contributed by atoms with Crippen LogP contribution >= 0.6 is 0 Å². The first kappa shape index (κ1) is 17.1. The molecule has 0 aliphatic carbocycles. The number of hydrogen-bond donors (Lipinski definition) is 3. The number of amides is 1. The van der Waals surface area contributed by atoms with Gasteiger partial charge in [0.1, 0.15) is 6.04 Å². The van der Waals surface area contributed by atoms with Crippen molar-refractivity contribution >= 4 is 11.9 Å². The van der Waals surface area contributed by atoms with E-state index in [1.54, 1.807) is 0 Å². The third kappa shape index (κ3) is 5.53. The minimum Gasteiger partial charge on any atom is -0.480 e. The van der Waals surface area contributed by atoms with Crippen molar-refractivity contribution in [2.45, 2.75) is 25.3 Å². The van der Waals surface area contributed by atoms with Gasteiger partial charge in [-0.2, -0.15) is 0 Å². The van der Waals surface area contributed by atoms with Crippen molar-refractivity contribution < 1.29 is 14.7 Å². The lowest BCUT2D eigenvalue weighted by atomic mass is 10.1. The molecule has 0 saturated heterocycles. The van der Waals surface area contributed by atoms with Crippen LogP contribution in [-0.2, 0) is 16.0 Å². The maximum Gasteiger partial charge on any atom is 0.326 e. The van der Waals surface area contributed by atoms with Crippen molar-refractivity contribution in [3.05, 3.63) is 35.9 Å². The third-order valence-electron chi connectivity index (χ3n) is 3.32. The monoisotopic (exact) mass is 293 g/mol. The van der Waals surface area contributed by atoms with Crippen molar-refractivity contribution in [3.63, 3.8) is 0 Å². The standard InChI is InChI=1S/C15H23N3O3/c16-9-4-7-13(15(20)21)18(14(19)11-17)10-8-12-5-2-1-3-6-12/h1-3,5-6,13H,4,7-11,16-17H2,(H,20,21)/t13-/m0/s1. The highest BCUT2D eigenvalue weighted by molar-refractivity contribution is 5.84. The van der Waals surface area contributed by atoms with Crippen LogP contribution in [-0.4, -0.2) is 47.6 Å². The number of nitrogens with zero attached hydrogens (tertiary/aromatic N) is 1. The van der Waals surface area contributed by atoms with Gasteiger partial charge in [0.2, 0.25) is 5.91 Å². The van der Waals surface area contributed by atoms with Gasteiger partial charge in [0, 0.05) is 6.54 Å². The minimum absolute atomic E-state index is 0.193. The van der Waals surface area contributed by atoms with Crippen LogP contribution in [0.15, 0.2) is 30.3 Å². The largest absolute Gasteiger partial charge is 0.480 e. The number of carbonyl (C=O) groups excluding carboxylic acids is 1. The summed E-state index contributed by atoms with van der Waals surface area (Å²) in [6, 6.07) is 8.75. The zero-order valence-electron chi connectivity index (χ0n) is 12.1. The Morgan fingerprint density at radius 1 is 1.19 bits per heavy atom. The van der Waals surface area contributed by atoms with E-state index >= 15 is 0 Å². The van der Waals surface area contributed by atoms with E-state index in [2.05, 4.69) is 0 Å². The summed E-state index contributed by atoms with van der Waals surface area (Å²) in [6.45, 7) is 0.538. The lowest BCUT2D eigenvalue weighted by Gasteiger charge is -2.28. The molecule has 116 valence electrons. The van der Waals surface area contributed by atoms with E-state index in [0.29, 0.717) is 32.4 Å². The molecule has 1 rings (SSSR count). The maximum atomic E-state index is 11.9. The normalized spacial score (nSPS) is 11.9. The molecule has 5 N–H and O–H groups in total. The van der Waals surface area contributed by atoms with Crippen LogP contribution in [0.5, 0.6) is 0 Å². The number of carbonyl (C=O) groups is 2. The van der Waals surface area contributed by atoms with E-state index in [1.807, 2.05) is 30.3 Å². The second-order valence-corrected chi connectivity index (χ2v) is 4.81. The summed E-state index contributed by atoms with van der Waals surface area (Å²) >= 11 is 0. The number of aliphatic carboxylic acids is 1. The van der Waals surface area contributed by atoms with Crippen LogP contribution in [0.3, 0.4) is 0 Å². The van der Waals surface area contributed by atoms with E-state index in [9.17, 15) is 14.7 Å². The SMILES string of the molecule is NCCC[C@@H](C(=O)O)N(CCc1ccccc1)C(=O)CN. The summed E-state index contributed by atoms with van der Waals surface area (Å²) in [5.41, 5.74) is 11.9. The van der Waals surface area contributed by atoms with Crippen molar-refractivity contribution in [1.82, 2.24) is 4.90 Å².